The van der Waals surface area contributed by atoms with Crippen LogP contribution >= 0.6 is 15.9 Å². The molecule has 0 radical (unpaired) electrons. The highest BCUT2D eigenvalue weighted by atomic mass is 79.9. The highest BCUT2D eigenvalue weighted by Crippen LogP contribution is 2.30. The summed E-state index contributed by atoms with van der Waals surface area (Å²) in [7, 11) is 0. The topological polar surface area (TPSA) is 80.7 Å². The minimum Gasteiger partial charge on any atom is -0.455 e. The molecule has 5 nitrogen and oxygen atoms in total. The van der Waals surface area contributed by atoms with E-state index >= 15 is 0 Å². The zero-order chi connectivity index (χ0) is 15.4. The monoisotopic (exact) mass is 349 g/mol. The van der Waals surface area contributed by atoms with Gasteiger partial charge in [-0.25, -0.2) is 0 Å². The maximum Gasteiger partial charge on any atom is 0.173 e. The van der Waals surface area contributed by atoms with Crippen molar-refractivity contribution in [1.82, 2.24) is 4.98 Å². The van der Waals surface area contributed by atoms with Crippen molar-refractivity contribution in [3.63, 3.8) is 0 Å². The lowest BCUT2D eigenvalue weighted by Crippen LogP contribution is -2.14. The van der Waals surface area contributed by atoms with Gasteiger partial charge in [-0.15, -0.1) is 0 Å². The molecular weight excluding hydrogens is 334 g/mol. The number of hydrogen-bond acceptors (Lipinski definition) is 4. The summed E-state index contributed by atoms with van der Waals surface area (Å²) in [5, 5.41) is 11.9. The minimum absolute atomic E-state index is 0.00980. The number of benzene rings is 1. The summed E-state index contributed by atoms with van der Waals surface area (Å²) in [6.45, 7) is 3.95. The van der Waals surface area contributed by atoms with Crippen LogP contribution in [-0.4, -0.2) is 16.0 Å². The maximum absolute atomic E-state index is 8.89. The number of halogens is 1. The summed E-state index contributed by atoms with van der Waals surface area (Å²) in [5.74, 6) is 1.16. The van der Waals surface area contributed by atoms with E-state index in [4.69, 9.17) is 15.7 Å². The Kier molecular flexibility index (Phi) is 4.80. The zero-order valence-electron chi connectivity index (χ0n) is 11.8. The Balaban J connectivity index is 2.45. The van der Waals surface area contributed by atoms with Crippen LogP contribution in [0.1, 0.15) is 23.9 Å². The van der Waals surface area contributed by atoms with E-state index in [-0.39, 0.29) is 5.84 Å². The fraction of sp³-hybridized carbons (Fsp3) is 0.200. The summed E-state index contributed by atoms with van der Waals surface area (Å²) in [5.41, 5.74) is 8.01. The lowest BCUT2D eigenvalue weighted by atomic mass is 10.2. The second-order valence-electron chi connectivity index (χ2n) is 4.48. The molecule has 2 aromatic rings. The van der Waals surface area contributed by atoms with Gasteiger partial charge in [0.1, 0.15) is 11.5 Å². The number of nitrogens with zero attached hydrogens (tertiary/aromatic N) is 2. The lowest BCUT2D eigenvalue weighted by Gasteiger charge is -2.13. The van der Waals surface area contributed by atoms with Gasteiger partial charge in [0, 0.05) is 10.2 Å². The molecule has 0 atom stereocenters. The average molecular weight is 350 g/mol. The van der Waals surface area contributed by atoms with Gasteiger partial charge in [0.15, 0.2) is 5.84 Å². The Bertz CT molecular complexity index is 687. The fourth-order valence-electron chi connectivity index (χ4n) is 1.91. The van der Waals surface area contributed by atoms with E-state index in [0.29, 0.717) is 17.1 Å². The van der Waals surface area contributed by atoms with Crippen molar-refractivity contribution in [2.75, 3.05) is 0 Å². The van der Waals surface area contributed by atoms with Crippen LogP contribution in [0.3, 0.4) is 0 Å². The van der Waals surface area contributed by atoms with Crippen molar-refractivity contribution in [3.8, 4) is 11.5 Å². The number of oxime groups is 1. The van der Waals surface area contributed by atoms with Gasteiger partial charge in [0.05, 0.1) is 11.3 Å². The maximum atomic E-state index is 8.89. The lowest BCUT2D eigenvalue weighted by molar-refractivity contribution is 0.318. The molecule has 21 heavy (non-hydrogen) atoms. The van der Waals surface area contributed by atoms with Gasteiger partial charge in [-0.3, -0.25) is 4.98 Å². The summed E-state index contributed by atoms with van der Waals surface area (Å²) in [6, 6.07) is 9.08. The number of amidine groups is 1. The summed E-state index contributed by atoms with van der Waals surface area (Å²) in [4.78, 5) is 4.45. The molecule has 0 aliphatic carbocycles. The Labute approximate surface area is 131 Å². The first kappa shape index (κ1) is 15.3. The third kappa shape index (κ3) is 3.52. The summed E-state index contributed by atoms with van der Waals surface area (Å²) < 4.78 is 6.72. The Morgan fingerprint density at radius 3 is 2.71 bits per heavy atom. The second-order valence-corrected chi connectivity index (χ2v) is 5.39. The van der Waals surface area contributed by atoms with Crippen LogP contribution in [0.5, 0.6) is 11.5 Å². The smallest absolute Gasteiger partial charge is 0.173 e. The van der Waals surface area contributed by atoms with Crippen LogP contribution in [0.15, 0.2) is 40.0 Å². The molecule has 1 heterocycles. The van der Waals surface area contributed by atoms with Crippen molar-refractivity contribution < 1.29 is 9.94 Å². The van der Waals surface area contributed by atoms with Gasteiger partial charge >= 0.3 is 0 Å². The molecule has 0 amide bonds. The first-order chi connectivity index (χ1) is 10.0. The molecule has 0 bridgehead atoms. The fourth-order valence-corrected chi connectivity index (χ4v) is 2.27. The highest BCUT2D eigenvalue weighted by Gasteiger charge is 2.12. The van der Waals surface area contributed by atoms with Gasteiger partial charge in [0.25, 0.3) is 0 Å². The van der Waals surface area contributed by atoms with Crippen LogP contribution in [0.25, 0.3) is 0 Å². The highest BCUT2D eigenvalue weighted by molar-refractivity contribution is 9.10. The van der Waals surface area contributed by atoms with Gasteiger partial charge in [-0.2, -0.15) is 0 Å². The van der Waals surface area contributed by atoms with Gasteiger partial charge < -0.3 is 15.7 Å². The van der Waals surface area contributed by atoms with Crippen LogP contribution in [0.2, 0.25) is 0 Å². The van der Waals surface area contributed by atoms with Crippen molar-refractivity contribution in [2.24, 2.45) is 10.9 Å². The first-order valence-corrected chi connectivity index (χ1v) is 7.26. The van der Waals surface area contributed by atoms with Crippen LogP contribution in [0, 0.1) is 6.92 Å². The summed E-state index contributed by atoms with van der Waals surface area (Å²) in [6.07, 6.45) is 0.756. The zero-order valence-corrected chi connectivity index (χ0v) is 13.4. The molecular formula is C15H16BrN3O2. The molecule has 3 N–H and O–H groups in total. The normalized spacial score (nSPS) is 11.5. The van der Waals surface area contributed by atoms with Crippen molar-refractivity contribution in [3.05, 3.63) is 51.8 Å². The van der Waals surface area contributed by atoms with E-state index in [1.54, 1.807) is 12.1 Å². The molecule has 6 heteroatoms. The number of pyridine rings is 1. The first-order valence-electron chi connectivity index (χ1n) is 6.47. The molecule has 1 aromatic heterocycles. The minimum atomic E-state index is -0.00980. The number of nitrogens with two attached hydrogens (primary N) is 1. The number of rotatable bonds is 4. The largest absolute Gasteiger partial charge is 0.455 e. The number of ether oxygens (including phenoxy) is 1. The Hall–Kier alpha value is -2.08. The predicted octanol–water partition coefficient (Wildman–Crippen LogP) is 3.60. The molecule has 1 aromatic carbocycles. The SMILES string of the molecule is CCc1nc(C)ccc1Oc1ccc(Br)cc1/C(N)=N/O. The third-order valence-corrected chi connectivity index (χ3v) is 3.45. The molecule has 0 spiro atoms. The van der Waals surface area contributed by atoms with E-state index in [2.05, 4.69) is 26.1 Å². The molecule has 0 fully saturated rings. The van der Waals surface area contributed by atoms with Crippen molar-refractivity contribution in [1.29, 1.82) is 0 Å². The van der Waals surface area contributed by atoms with E-state index < -0.39 is 0 Å². The molecule has 0 aliphatic rings. The quantitative estimate of drug-likeness (QED) is 0.382. The molecule has 2 rings (SSSR count). The van der Waals surface area contributed by atoms with Crippen molar-refractivity contribution in [2.45, 2.75) is 20.3 Å². The second kappa shape index (κ2) is 6.58. The molecule has 0 saturated carbocycles. The van der Waals surface area contributed by atoms with Gasteiger partial charge in [0.2, 0.25) is 0 Å². The Morgan fingerprint density at radius 1 is 1.33 bits per heavy atom. The third-order valence-electron chi connectivity index (χ3n) is 2.95. The predicted molar refractivity (Wildman–Crippen MR) is 85.1 cm³/mol. The van der Waals surface area contributed by atoms with Gasteiger partial charge in [-0.05, 0) is 43.7 Å². The average Bonchev–Trinajstić information content (AvgIpc) is 2.49. The van der Waals surface area contributed by atoms with E-state index in [1.807, 2.05) is 32.0 Å². The van der Waals surface area contributed by atoms with Crippen LogP contribution in [0.4, 0.5) is 0 Å². The van der Waals surface area contributed by atoms with E-state index in [9.17, 15) is 0 Å². The Morgan fingerprint density at radius 2 is 2.05 bits per heavy atom. The standard InChI is InChI=1S/C15H16BrN3O2/c1-3-12-14(6-4-9(2)18-12)21-13-7-5-10(16)8-11(13)15(17)19-20/h4-8,20H,3H2,1-2H3,(H2,17,19). The number of hydrogen-bond donors (Lipinski definition) is 2. The number of aromatic nitrogens is 1. The summed E-state index contributed by atoms with van der Waals surface area (Å²) >= 11 is 3.36. The molecule has 0 saturated heterocycles. The molecule has 0 unspecified atom stereocenters. The van der Waals surface area contributed by atoms with E-state index in [1.165, 1.54) is 0 Å². The van der Waals surface area contributed by atoms with Crippen LogP contribution in [-0.2, 0) is 6.42 Å². The van der Waals surface area contributed by atoms with Gasteiger partial charge in [-0.1, -0.05) is 28.0 Å². The molecule has 110 valence electrons. The number of aryl methyl sites for hydroxylation is 2. The van der Waals surface area contributed by atoms with Crippen molar-refractivity contribution >= 4 is 21.8 Å². The van der Waals surface area contributed by atoms with Crippen LogP contribution < -0.4 is 10.5 Å². The van der Waals surface area contributed by atoms with E-state index in [0.717, 1.165) is 22.3 Å². The molecule has 0 aliphatic heterocycles.